The number of hydrogen-bond donors (Lipinski definition) is 1. The van der Waals surface area contributed by atoms with Gasteiger partial charge >= 0.3 is 0 Å². The van der Waals surface area contributed by atoms with Crippen LogP contribution in [-0.4, -0.2) is 29.6 Å². The minimum Gasteiger partial charge on any atom is -0.326 e. The summed E-state index contributed by atoms with van der Waals surface area (Å²) >= 11 is 0. The molecule has 17 heavy (non-hydrogen) atoms. The first-order chi connectivity index (χ1) is 7.71. The van der Waals surface area contributed by atoms with E-state index in [4.69, 9.17) is 5.73 Å². The third kappa shape index (κ3) is 2.26. The van der Waals surface area contributed by atoms with Crippen LogP contribution < -0.4 is 5.73 Å². The second-order valence-electron chi connectivity index (χ2n) is 7.94. The van der Waals surface area contributed by atoms with Crippen LogP contribution in [-0.2, 0) is 0 Å². The van der Waals surface area contributed by atoms with Crippen molar-refractivity contribution < 1.29 is 0 Å². The Morgan fingerprint density at radius 1 is 1.06 bits per heavy atom. The van der Waals surface area contributed by atoms with Gasteiger partial charge in [-0.05, 0) is 43.1 Å². The van der Waals surface area contributed by atoms with E-state index < -0.39 is 0 Å². The monoisotopic (exact) mass is 238 g/mol. The highest BCUT2D eigenvalue weighted by atomic mass is 15.2. The molecule has 1 unspecified atom stereocenters. The zero-order valence-electron chi connectivity index (χ0n) is 12.3. The Morgan fingerprint density at radius 3 is 2.06 bits per heavy atom. The molecular weight excluding hydrogens is 208 g/mol. The van der Waals surface area contributed by atoms with Crippen molar-refractivity contribution in [1.82, 2.24) is 4.90 Å². The third-order valence-electron chi connectivity index (χ3n) is 4.94. The molecule has 1 atom stereocenters. The van der Waals surface area contributed by atoms with Gasteiger partial charge in [0.25, 0.3) is 0 Å². The van der Waals surface area contributed by atoms with Gasteiger partial charge in [-0.2, -0.15) is 0 Å². The van der Waals surface area contributed by atoms with E-state index in [9.17, 15) is 0 Å². The van der Waals surface area contributed by atoms with Gasteiger partial charge in [-0.3, -0.25) is 4.90 Å². The van der Waals surface area contributed by atoms with Crippen LogP contribution in [0.4, 0.5) is 0 Å². The molecule has 0 radical (unpaired) electrons. The first-order valence-electron chi connectivity index (χ1n) is 7.21. The molecule has 100 valence electrons. The van der Waals surface area contributed by atoms with Crippen LogP contribution in [0.5, 0.6) is 0 Å². The van der Waals surface area contributed by atoms with Gasteiger partial charge in [0.1, 0.15) is 0 Å². The van der Waals surface area contributed by atoms with E-state index in [0.29, 0.717) is 16.9 Å². The Balaban J connectivity index is 2.34. The van der Waals surface area contributed by atoms with Gasteiger partial charge in [-0.15, -0.1) is 0 Å². The average Bonchev–Trinajstić information content (AvgIpc) is 2.38. The first-order valence-corrected chi connectivity index (χ1v) is 7.21. The molecule has 2 heteroatoms. The van der Waals surface area contributed by atoms with Gasteiger partial charge in [0.15, 0.2) is 0 Å². The fourth-order valence-corrected chi connectivity index (χ4v) is 5.12. The topological polar surface area (TPSA) is 29.3 Å². The second kappa shape index (κ2) is 3.96. The van der Waals surface area contributed by atoms with E-state index in [1.807, 2.05) is 0 Å². The summed E-state index contributed by atoms with van der Waals surface area (Å²) in [7, 11) is 0. The lowest BCUT2D eigenvalue weighted by atomic mass is 9.57. The second-order valence-corrected chi connectivity index (χ2v) is 7.94. The summed E-state index contributed by atoms with van der Waals surface area (Å²) in [6.07, 6.45) is 5.06. The zero-order chi connectivity index (χ0) is 12.9. The lowest BCUT2D eigenvalue weighted by Crippen LogP contribution is -2.60. The summed E-state index contributed by atoms with van der Waals surface area (Å²) in [5.41, 5.74) is 7.64. The Kier molecular flexibility index (Phi) is 3.11. The molecule has 2 N–H and O–H groups in total. The molecule has 0 amide bonds. The maximum atomic E-state index is 6.51. The summed E-state index contributed by atoms with van der Waals surface area (Å²) in [4.78, 5) is 2.67. The number of hydrogen-bond acceptors (Lipinski definition) is 2. The number of nitrogens with zero attached hydrogens (tertiary/aromatic N) is 1. The smallest absolute Gasteiger partial charge is 0.0370 e. The summed E-state index contributed by atoms with van der Waals surface area (Å²) < 4.78 is 0. The fraction of sp³-hybridized carbons (Fsp3) is 1.00. The molecule has 2 nitrogen and oxygen atoms in total. The Labute approximate surface area is 107 Å². The van der Waals surface area contributed by atoms with Crippen molar-refractivity contribution in [2.45, 2.75) is 71.9 Å². The van der Waals surface area contributed by atoms with Crippen LogP contribution in [0.1, 0.15) is 60.3 Å². The van der Waals surface area contributed by atoms with Crippen molar-refractivity contribution in [2.75, 3.05) is 13.1 Å². The molecule has 0 aromatic carbocycles. The summed E-state index contributed by atoms with van der Waals surface area (Å²) in [5.74, 6) is 0. The molecule has 0 aromatic heterocycles. The molecule has 1 spiro atoms. The SMILES string of the molecule is CCN1CCC(N)C12CC(C)(C)CC(C)(C)C2. The van der Waals surface area contributed by atoms with E-state index in [1.54, 1.807) is 0 Å². The predicted octanol–water partition coefficient (Wildman–Crippen LogP) is 3.01. The largest absolute Gasteiger partial charge is 0.326 e. The van der Waals surface area contributed by atoms with Crippen molar-refractivity contribution >= 4 is 0 Å². The highest BCUT2D eigenvalue weighted by Crippen LogP contribution is 2.54. The number of likely N-dealkylation sites (tertiary alicyclic amines) is 1. The third-order valence-corrected chi connectivity index (χ3v) is 4.94. The molecular formula is C15H30N2. The minimum atomic E-state index is 0.278. The zero-order valence-corrected chi connectivity index (χ0v) is 12.3. The van der Waals surface area contributed by atoms with Crippen LogP contribution in [0.15, 0.2) is 0 Å². The lowest BCUT2D eigenvalue weighted by Gasteiger charge is -2.55. The molecule has 1 aliphatic heterocycles. The van der Waals surface area contributed by atoms with E-state index in [2.05, 4.69) is 39.5 Å². The highest BCUT2D eigenvalue weighted by Gasteiger charge is 2.55. The van der Waals surface area contributed by atoms with Crippen molar-refractivity contribution in [3.05, 3.63) is 0 Å². The van der Waals surface area contributed by atoms with E-state index >= 15 is 0 Å². The Hall–Kier alpha value is -0.0800. The molecule has 0 aromatic rings. The molecule has 1 aliphatic carbocycles. The van der Waals surface area contributed by atoms with Gasteiger partial charge in [0, 0.05) is 18.1 Å². The highest BCUT2D eigenvalue weighted by molar-refractivity contribution is 5.11. The van der Waals surface area contributed by atoms with Crippen LogP contribution in [0.2, 0.25) is 0 Å². The van der Waals surface area contributed by atoms with Gasteiger partial charge in [0.05, 0.1) is 0 Å². The molecule has 2 fully saturated rings. The molecule has 1 saturated heterocycles. The maximum absolute atomic E-state index is 6.51. The summed E-state index contributed by atoms with van der Waals surface area (Å²) in [6, 6.07) is 0.376. The molecule has 2 rings (SSSR count). The fourth-order valence-electron chi connectivity index (χ4n) is 5.12. The van der Waals surface area contributed by atoms with Crippen LogP contribution in [0, 0.1) is 10.8 Å². The van der Waals surface area contributed by atoms with Crippen molar-refractivity contribution in [3.63, 3.8) is 0 Å². The molecule has 0 bridgehead atoms. The Morgan fingerprint density at radius 2 is 1.59 bits per heavy atom. The molecule has 1 heterocycles. The van der Waals surface area contributed by atoms with E-state index in [-0.39, 0.29) is 5.54 Å². The van der Waals surface area contributed by atoms with E-state index in [0.717, 1.165) is 6.54 Å². The van der Waals surface area contributed by atoms with Crippen LogP contribution in [0.25, 0.3) is 0 Å². The van der Waals surface area contributed by atoms with Crippen LogP contribution >= 0.6 is 0 Å². The summed E-state index contributed by atoms with van der Waals surface area (Å²) in [5, 5.41) is 0. The normalized spacial score (nSPS) is 35.3. The summed E-state index contributed by atoms with van der Waals surface area (Å²) in [6.45, 7) is 14.3. The van der Waals surface area contributed by atoms with Gasteiger partial charge in [-0.25, -0.2) is 0 Å². The molecule has 1 saturated carbocycles. The number of nitrogens with two attached hydrogens (primary N) is 1. The van der Waals surface area contributed by atoms with Crippen molar-refractivity contribution in [2.24, 2.45) is 16.6 Å². The predicted molar refractivity (Wildman–Crippen MR) is 74.0 cm³/mol. The Bertz CT molecular complexity index is 277. The van der Waals surface area contributed by atoms with Crippen molar-refractivity contribution in [1.29, 1.82) is 0 Å². The van der Waals surface area contributed by atoms with Crippen LogP contribution in [0.3, 0.4) is 0 Å². The quantitative estimate of drug-likeness (QED) is 0.761. The van der Waals surface area contributed by atoms with Crippen molar-refractivity contribution in [3.8, 4) is 0 Å². The first kappa shape index (κ1) is 13.4. The van der Waals surface area contributed by atoms with Gasteiger partial charge in [0.2, 0.25) is 0 Å². The lowest BCUT2D eigenvalue weighted by molar-refractivity contribution is -0.0317. The standard InChI is InChI=1S/C15H30N2/c1-6-17-8-7-12(16)15(17)10-13(2,3)9-14(4,5)11-15/h12H,6-11,16H2,1-5H3. The molecule has 2 aliphatic rings. The van der Waals surface area contributed by atoms with Gasteiger partial charge in [-0.1, -0.05) is 34.6 Å². The maximum Gasteiger partial charge on any atom is 0.0370 e. The van der Waals surface area contributed by atoms with E-state index in [1.165, 1.54) is 32.2 Å². The number of rotatable bonds is 1. The number of likely N-dealkylation sites (N-methyl/N-ethyl adjacent to an activating group) is 1. The minimum absolute atomic E-state index is 0.278. The van der Waals surface area contributed by atoms with Gasteiger partial charge < -0.3 is 5.73 Å². The average molecular weight is 238 g/mol.